The van der Waals surface area contributed by atoms with Crippen molar-refractivity contribution in [3.63, 3.8) is 0 Å². The Morgan fingerprint density at radius 2 is 2.12 bits per heavy atom. The minimum absolute atomic E-state index is 0.0218. The molecule has 0 aliphatic heterocycles. The molecule has 0 spiro atoms. The molecule has 0 aliphatic rings. The number of nitrogens with one attached hydrogen (secondary N) is 1. The smallest absolute Gasteiger partial charge is 0.282 e. The van der Waals surface area contributed by atoms with Crippen LogP contribution in [-0.4, -0.2) is 17.4 Å². The maximum Gasteiger partial charge on any atom is 0.282 e. The summed E-state index contributed by atoms with van der Waals surface area (Å²) in [7, 11) is 0. The number of hydrogen-bond acceptors (Lipinski definition) is 4. The van der Waals surface area contributed by atoms with Gasteiger partial charge in [-0.1, -0.05) is 29.7 Å². The third-order valence-electron chi connectivity index (χ3n) is 2.93. The van der Waals surface area contributed by atoms with Crippen LogP contribution in [0.5, 0.6) is 5.75 Å². The molecule has 1 amide bonds. The maximum atomic E-state index is 14.0. The summed E-state index contributed by atoms with van der Waals surface area (Å²) >= 11 is 5.82. The molecular weight excluding hydrogens is 339 g/mol. The van der Waals surface area contributed by atoms with E-state index in [1.54, 1.807) is 0 Å². The summed E-state index contributed by atoms with van der Waals surface area (Å²) in [5.41, 5.74) is -0.842. The van der Waals surface area contributed by atoms with Crippen molar-refractivity contribution >= 4 is 28.9 Å². The van der Waals surface area contributed by atoms with Crippen LogP contribution in [0.2, 0.25) is 5.02 Å². The first-order valence-corrected chi connectivity index (χ1v) is 6.92. The lowest BCUT2D eigenvalue weighted by Crippen LogP contribution is -2.15. The molecule has 2 rings (SSSR count). The first-order chi connectivity index (χ1) is 11.4. The number of halogens is 2. The van der Waals surface area contributed by atoms with E-state index in [2.05, 4.69) is 11.2 Å². The number of nitro benzene ring substituents is 1. The first kappa shape index (κ1) is 17.2. The zero-order valence-electron chi connectivity index (χ0n) is 12.1. The van der Waals surface area contributed by atoms with E-state index < -0.39 is 22.3 Å². The number of terminal acetylenes is 1. The molecule has 0 unspecified atom stereocenters. The Hall–Kier alpha value is -3.11. The molecular formula is C16H10ClFN2O4. The number of benzene rings is 2. The number of carbonyl (C=O) groups excluding carboxylic acids is 1. The maximum absolute atomic E-state index is 14.0. The second kappa shape index (κ2) is 7.44. The van der Waals surface area contributed by atoms with Gasteiger partial charge in [-0.05, 0) is 12.1 Å². The highest BCUT2D eigenvalue weighted by Crippen LogP contribution is 2.31. The van der Waals surface area contributed by atoms with Crippen LogP contribution in [0, 0.1) is 28.3 Å². The van der Waals surface area contributed by atoms with Gasteiger partial charge in [-0.3, -0.25) is 14.9 Å². The number of nitrogens with zero attached hydrogens (tertiary/aromatic N) is 1. The van der Waals surface area contributed by atoms with E-state index >= 15 is 0 Å². The fraction of sp³-hybridized carbons (Fsp3) is 0.0625. The minimum Gasteiger partial charge on any atom is -0.479 e. The highest BCUT2D eigenvalue weighted by molar-refractivity contribution is 6.32. The number of para-hydroxylation sites is 1. The van der Waals surface area contributed by atoms with Gasteiger partial charge in [-0.2, -0.15) is 0 Å². The molecule has 1 N–H and O–H groups in total. The quantitative estimate of drug-likeness (QED) is 0.508. The van der Waals surface area contributed by atoms with E-state index in [9.17, 15) is 19.3 Å². The van der Waals surface area contributed by atoms with Crippen LogP contribution in [0.4, 0.5) is 15.8 Å². The van der Waals surface area contributed by atoms with Crippen LogP contribution >= 0.6 is 11.6 Å². The molecule has 24 heavy (non-hydrogen) atoms. The van der Waals surface area contributed by atoms with Gasteiger partial charge in [-0.25, -0.2) is 4.39 Å². The lowest BCUT2D eigenvalue weighted by Gasteiger charge is -2.11. The zero-order valence-corrected chi connectivity index (χ0v) is 12.8. The fourth-order valence-electron chi connectivity index (χ4n) is 1.87. The molecule has 0 radical (unpaired) electrons. The highest BCUT2D eigenvalue weighted by Gasteiger charge is 2.21. The molecule has 0 saturated carbocycles. The van der Waals surface area contributed by atoms with E-state index in [-0.39, 0.29) is 28.6 Å². The molecule has 2 aromatic carbocycles. The van der Waals surface area contributed by atoms with Crippen molar-refractivity contribution in [1.82, 2.24) is 0 Å². The van der Waals surface area contributed by atoms with Gasteiger partial charge in [0, 0.05) is 12.1 Å². The Balaban J connectivity index is 2.33. The molecule has 2 aromatic rings. The fourth-order valence-corrected chi connectivity index (χ4v) is 2.07. The summed E-state index contributed by atoms with van der Waals surface area (Å²) in [5.74, 6) is 0.644. The van der Waals surface area contributed by atoms with E-state index in [0.717, 1.165) is 12.1 Å². The van der Waals surface area contributed by atoms with Crippen LogP contribution in [0.25, 0.3) is 0 Å². The summed E-state index contributed by atoms with van der Waals surface area (Å²) in [4.78, 5) is 22.5. The molecule has 0 bridgehead atoms. The van der Waals surface area contributed by atoms with Gasteiger partial charge in [-0.15, -0.1) is 6.42 Å². The van der Waals surface area contributed by atoms with Crippen molar-refractivity contribution in [3.8, 4) is 18.1 Å². The summed E-state index contributed by atoms with van der Waals surface area (Å²) in [6, 6.07) is 7.42. The predicted molar refractivity (Wildman–Crippen MR) is 86.8 cm³/mol. The van der Waals surface area contributed by atoms with E-state index in [1.165, 1.54) is 24.3 Å². The van der Waals surface area contributed by atoms with Crippen molar-refractivity contribution < 1.29 is 18.8 Å². The van der Waals surface area contributed by atoms with Gasteiger partial charge in [0.05, 0.1) is 15.6 Å². The highest BCUT2D eigenvalue weighted by atomic mass is 35.5. The first-order valence-electron chi connectivity index (χ1n) is 6.54. The van der Waals surface area contributed by atoms with Crippen molar-refractivity contribution in [2.75, 3.05) is 11.9 Å². The number of nitro groups is 1. The number of anilines is 1. The van der Waals surface area contributed by atoms with Gasteiger partial charge < -0.3 is 10.1 Å². The third-order valence-corrected chi connectivity index (χ3v) is 3.22. The summed E-state index contributed by atoms with van der Waals surface area (Å²) in [5, 5.41) is 13.2. The van der Waals surface area contributed by atoms with Crippen LogP contribution in [0.15, 0.2) is 36.4 Å². The van der Waals surface area contributed by atoms with Crippen LogP contribution in [0.3, 0.4) is 0 Å². The van der Waals surface area contributed by atoms with Crippen LogP contribution < -0.4 is 10.1 Å². The Morgan fingerprint density at radius 3 is 2.79 bits per heavy atom. The number of amides is 1. The Kier molecular flexibility index (Phi) is 5.35. The monoisotopic (exact) mass is 348 g/mol. The Bertz CT molecular complexity index is 848. The number of rotatable bonds is 5. The zero-order chi connectivity index (χ0) is 17.7. The average Bonchev–Trinajstić information content (AvgIpc) is 2.56. The third kappa shape index (κ3) is 3.80. The summed E-state index contributed by atoms with van der Waals surface area (Å²) in [6.45, 7) is -0.0943. The van der Waals surface area contributed by atoms with Crippen molar-refractivity contribution in [2.24, 2.45) is 0 Å². The SMILES string of the molecule is C#CCOc1cc(NC(=O)c2ccccc2[N+](=O)[O-])c(F)cc1Cl. The number of carbonyl (C=O) groups is 1. The largest absolute Gasteiger partial charge is 0.479 e. The normalized spacial score (nSPS) is 9.88. The van der Waals surface area contributed by atoms with Gasteiger partial charge in [0.1, 0.15) is 23.7 Å². The molecule has 0 aliphatic carbocycles. The minimum atomic E-state index is -0.841. The molecule has 0 fully saturated rings. The topological polar surface area (TPSA) is 81.5 Å². The Morgan fingerprint density at radius 1 is 1.42 bits per heavy atom. The average molecular weight is 349 g/mol. The second-order valence-corrected chi connectivity index (χ2v) is 4.89. The molecule has 0 saturated heterocycles. The standard InChI is InChI=1S/C16H10ClFN2O4/c1-2-7-24-15-9-13(12(18)8-11(15)17)19-16(21)10-5-3-4-6-14(10)20(22)23/h1,3-6,8-9H,7H2,(H,19,21). The molecule has 6 nitrogen and oxygen atoms in total. The van der Waals surface area contributed by atoms with Gasteiger partial charge in [0.25, 0.3) is 11.6 Å². The number of hydrogen-bond donors (Lipinski definition) is 1. The summed E-state index contributed by atoms with van der Waals surface area (Å²) < 4.78 is 19.1. The molecule has 122 valence electrons. The van der Waals surface area contributed by atoms with E-state index in [1.807, 2.05) is 0 Å². The van der Waals surface area contributed by atoms with Crippen LogP contribution in [0.1, 0.15) is 10.4 Å². The van der Waals surface area contributed by atoms with Gasteiger partial charge >= 0.3 is 0 Å². The molecule has 0 atom stereocenters. The van der Waals surface area contributed by atoms with Crippen molar-refractivity contribution in [1.29, 1.82) is 0 Å². The van der Waals surface area contributed by atoms with Crippen LogP contribution in [-0.2, 0) is 0 Å². The predicted octanol–water partition coefficient (Wildman–Crippen LogP) is 3.65. The lowest BCUT2D eigenvalue weighted by atomic mass is 10.1. The molecule has 0 heterocycles. The summed E-state index contributed by atoms with van der Waals surface area (Å²) in [6.07, 6.45) is 5.07. The molecule has 0 aromatic heterocycles. The van der Waals surface area contributed by atoms with Crippen molar-refractivity contribution in [3.05, 3.63) is 62.9 Å². The van der Waals surface area contributed by atoms with E-state index in [0.29, 0.717) is 0 Å². The van der Waals surface area contributed by atoms with Gasteiger partial charge in [0.2, 0.25) is 0 Å². The van der Waals surface area contributed by atoms with Gasteiger partial charge in [0.15, 0.2) is 0 Å². The Labute approximate surface area is 141 Å². The number of ether oxygens (including phenoxy) is 1. The van der Waals surface area contributed by atoms with E-state index in [4.69, 9.17) is 22.8 Å². The second-order valence-electron chi connectivity index (χ2n) is 4.48. The lowest BCUT2D eigenvalue weighted by molar-refractivity contribution is -0.385. The molecule has 8 heteroatoms. The van der Waals surface area contributed by atoms with Crippen molar-refractivity contribution in [2.45, 2.75) is 0 Å².